The van der Waals surface area contributed by atoms with Crippen molar-refractivity contribution in [1.29, 1.82) is 0 Å². The standard InChI is InChI=1S/C12H9IN2O3/c13-7-2-1-3-9(4-7)18-11-10(12(16)17)5-8(14)6-15-11/h1-6H,14H2,(H,16,17). The van der Waals surface area contributed by atoms with E-state index in [9.17, 15) is 4.79 Å². The van der Waals surface area contributed by atoms with Crippen LogP contribution in [0.5, 0.6) is 11.6 Å². The fraction of sp³-hybridized carbons (Fsp3) is 0. The highest BCUT2D eigenvalue weighted by molar-refractivity contribution is 14.1. The predicted octanol–water partition coefficient (Wildman–Crippen LogP) is 2.76. The molecule has 0 bridgehead atoms. The Balaban J connectivity index is 2.37. The van der Waals surface area contributed by atoms with Crippen molar-refractivity contribution in [3.8, 4) is 11.6 Å². The molecule has 0 radical (unpaired) electrons. The number of hydrogen-bond donors (Lipinski definition) is 2. The highest BCUT2D eigenvalue weighted by Crippen LogP contribution is 2.25. The number of aromatic carboxylic acids is 1. The lowest BCUT2D eigenvalue weighted by molar-refractivity contribution is 0.0693. The first kappa shape index (κ1) is 12.6. The number of pyridine rings is 1. The Kier molecular flexibility index (Phi) is 3.66. The van der Waals surface area contributed by atoms with E-state index in [1.54, 1.807) is 12.1 Å². The molecule has 0 aliphatic heterocycles. The number of carbonyl (C=O) groups is 1. The van der Waals surface area contributed by atoms with E-state index in [2.05, 4.69) is 27.6 Å². The largest absolute Gasteiger partial charge is 0.477 e. The van der Waals surface area contributed by atoms with Gasteiger partial charge in [0.25, 0.3) is 0 Å². The number of rotatable bonds is 3. The summed E-state index contributed by atoms with van der Waals surface area (Å²) in [7, 11) is 0. The van der Waals surface area contributed by atoms with Crippen LogP contribution in [0.25, 0.3) is 0 Å². The molecular formula is C12H9IN2O3. The Hall–Kier alpha value is -1.83. The third-order valence-corrected chi connectivity index (χ3v) is 2.78. The quantitative estimate of drug-likeness (QED) is 0.826. The maximum absolute atomic E-state index is 11.1. The fourth-order valence-corrected chi connectivity index (χ4v) is 1.86. The molecule has 6 heteroatoms. The molecule has 0 aliphatic carbocycles. The average molecular weight is 356 g/mol. The number of anilines is 1. The summed E-state index contributed by atoms with van der Waals surface area (Å²) in [6.45, 7) is 0. The topological polar surface area (TPSA) is 85.4 Å². The Morgan fingerprint density at radius 3 is 2.83 bits per heavy atom. The minimum Gasteiger partial charge on any atom is -0.477 e. The van der Waals surface area contributed by atoms with Gasteiger partial charge in [0, 0.05) is 3.57 Å². The van der Waals surface area contributed by atoms with Gasteiger partial charge < -0.3 is 15.6 Å². The molecule has 1 aromatic heterocycles. The summed E-state index contributed by atoms with van der Waals surface area (Å²) in [5.41, 5.74) is 5.72. The van der Waals surface area contributed by atoms with Gasteiger partial charge in [-0.2, -0.15) is 0 Å². The van der Waals surface area contributed by atoms with Crippen molar-refractivity contribution in [2.45, 2.75) is 0 Å². The highest BCUT2D eigenvalue weighted by Gasteiger charge is 2.14. The Morgan fingerprint density at radius 2 is 2.17 bits per heavy atom. The molecular weight excluding hydrogens is 347 g/mol. The number of benzene rings is 1. The normalized spacial score (nSPS) is 10.1. The zero-order valence-corrected chi connectivity index (χ0v) is 11.3. The molecule has 0 fully saturated rings. The molecule has 1 heterocycles. The van der Waals surface area contributed by atoms with Crippen molar-refractivity contribution in [3.63, 3.8) is 0 Å². The number of halogens is 1. The zero-order valence-electron chi connectivity index (χ0n) is 9.13. The summed E-state index contributed by atoms with van der Waals surface area (Å²) < 4.78 is 6.44. The maximum Gasteiger partial charge on any atom is 0.341 e. The number of carboxylic acids is 1. The van der Waals surface area contributed by atoms with Crippen molar-refractivity contribution in [2.24, 2.45) is 0 Å². The second-order valence-electron chi connectivity index (χ2n) is 3.49. The zero-order chi connectivity index (χ0) is 13.1. The highest BCUT2D eigenvalue weighted by atomic mass is 127. The van der Waals surface area contributed by atoms with Crippen LogP contribution in [0.3, 0.4) is 0 Å². The molecule has 2 aromatic rings. The van der Waals surface area contributed by atoms with E-state index in [1.165, 1.54) is 12.3 Å². The van der Waals surface area contributed by atoms with Gasteiger partial charge in [0.1, 0.15) is 11.3 Å². The molecule has 92 valence electrons. The molecule has 18 heavy (non-hydrogen) atoms. The van der Waals surface area contributed by atoms with Gasteiger partial charge >= 0.3 is 5.97 Å². The third-order valence-electron chi connectivity index (χ3n) is 2.11. The number of nitrogens with two attached hydrogens (primary N) is 1. The van der Waals surface area contributed by atoms with E-state index >= 15 is 0 Å². The first-order valence-corrected chi connectivity index (χ1v) is 6.06. The minimum atomic E-state index is -1.13. The lowest BCUT2D eigenvalue weighted by Gasteiger charge is -2.08. The van der Waals surface area contributed by atoms with Crippen LogP contribution in [0.2, 0.25) is 0 Å². The molecule has 0 atom stereocenters. The van der Waals surface area contributed by atoms with Crippen LogP contribution < -0.4 is 10.5 Å². The van der Waals surface area contributed by atoms with E-state index in [4.69, 9.17) is 15.6 Å². The lowest BCUT2D eigenvalue weighted by Crippen LogP contribution is -2.03. The second kappa shape index (κ2) is 5.21. The van der Waals surface area contributed by atoms with Gasteiger partial charge in [-0.15, -0.1) is 0 Å². The van der Waals surface area contributed by atoms with E-state index in [0.717, 1.165) is 3.57 Å². The van der Waals surface area contributed by atoms with Gasteiger partial charge in [-0.25, -0.2) is 9.78 Å². The van der Waals surface area contributed by atoms with E-state index < -0.39 is 5.97 Å². The van der Waals surface area contributed by atoms with Crippen LogP contribution in [0, 0.1) is 3.57 Å². The van der Waals surface area contributed by atoms with Crippen molar-refractivity contribution < 1.29 is 14.6 Å². The monoisotopic (exact) mass is 356 g/mol. The van der Waals surface area contributed by atoms with E-state index in [0.29, 0.717) is 5.75 Å². The Bertz CT molecular complexity index is 602. The Morgan fingerprint density at radius 1 is 1.39 bits per heavy atom. The van der Waals surface area contributed by atoms with E-state index in [1.807, 2.05) is 12.1 Å². The second-order valence-corrected chi connectivity index (χ2v) is 4.73. The molecule has 5 nitrogen and oxygen atoms in total. The van der Waals surface area contributed by atoms with Crippen molar-refractivity contribution in [2.75, 3.05) is 5.73 Å². The molecule has 0 amide bonds. The number of carboxylic acid groups (broad SMARTS) is 1. The lowest BCUT2D eigenvalue weighted by atomic mass is 10.2. The van der Waals surface area contributed by atoms with Crippen LogP contribution in [0.4, 0.5) is 5.69 Å². The first-order valence-electron chi connectivity index (χ1n) is 4.98. The minimum absolute atomic E-state index is 0.0266. The number of hydrogen-bond acceptors (Lipinski definition) is 4. The fourth-order valence-electron chi connectivity index (χ4n) is 1.35. The van der Waals surface area contributed by atoms with Gasteiger partial charge in [0.15, 0.2) is 0 Å². The SMILES string of the molecule is Nc1cnc(Oc2cccc(I)c2)c(C(=O)O)c1. The van der Waals surface area contributed by atoms with Gasteiger partial charge in [-0.05, 0) is 46.9 Å². The van der Waals surface area contributed by atoms with Crippen molar-refractivity contribution in [1.82, 2.24) is 4.98 Å². The van der Waals surface area contributed by atoms with Crippen LogP contribution in [-0.2, 0) is 0 Å². The molecule has 0 aliphatic rings. The third kappa shape index (κ3) is 2.89. The predicted molar refractivity (Wildman–Crippen MR) is 74.8 cm³/mol. The van der Waals surface area contributed by atoms with Gasteiger partial charge in [-0.1, -0.05) is 6.07 Å². The molecule has 1 aromatic carbocycles. The van der Waals surface area contributed by atoms with Crippen molar-refractivity contribution in [3.05, 3.63) is 45.7 Å². The molecule has 0 saturated heterocycles. The van der Waals surface area contributed by atoms with Gasteiger partial charge in [0.05, 0.1) is 11.9 Å². The summed E-state index contributed by atoms with van der Waals surface area (Å²) in [6, 6.07) is 8.55. The molecule has 3 N–H and O–H groups in total. The molecule has 0 spiro atoms. The van der Waals surface area contributed by atoms with E-state index in [-0.39, 0.29) is 17.1 Å². The summed E-state index contributed by atoms with van der Waals surface area (Å²) >= 11 is 2.14. The average Bonchev–Trinajstić information content (AvgIpc) is 2.31. The van der Waals surface area contributed by atoms with Crippen LogP contribution in [0.15, 0.2) is 36.5 Å². The molecule has 2 rings (SSSR count). The molecule has 0 unspecified atom stereocenters. The Labute approximate surface area is 117 Å². The number of aromatic nitrogens is 1. The van der Waals surface area contributed by atoms with Crippen LogP contribution in [0.1, 0.15) is 10.4 Å². The summed E-state index contributed by atoms with van der Waals surface area (Å²) in [6.07, 6.45) is 1.36. The maximum atomic E-state index is 11.1. The van der Waals surface area contributed by atoms with Gasteiger partial charge in [-0.3, -0.25) is 0 Å². The summed E-state index contributed by atoms with van der Waals surface area (Å²) in [5.74, 6) is -0.573. The summed E-state index contributed by atoms with van der Waals surface area (Å²) in [4.78, 5) is 14.9. The number of nitrogens with zero attached hydrogens (tertiary/aromatic N) is 1. The van der Waals surface area contributed by atoms with Crippen LogP contribution in [-0.4, -0.2) is 16.1 Å². The van der Waals surface area contributed by atoms with Crippen LogP contribution >= 0.6 is 22.6 Å². The number of ether oxygens (including phenoxy) is 1. The molecule has 0 saturated carbocycles. The smallest absolute Gasteiger partial charge is 0.341 e. The number of nitrogen functional groups attached to an aromatic ring is 1. The van der Waals surface area contributed by atoms with Gasteiger partial charge in [0.2, 0.25) is 5.88 Å². The summed E-state index contributed by atoms with van der Waals surface area (Å²) in [5, 5.41) is 9.05. The van der Waals surface area contributed by atoms with Crippen molar-refractivity contribution >= 4 is 34.2 Å². The first-order chi connectivity index (χ1) is 8.56.